The molecule has 7 nitrogen and oxygen atoms in total. The highest BCUT2D eigenvalue weighted by molar-refractivity contribution is 5.95. The van der Waals surface area contributed by atoms with Gasteiger partial charge in [-0.2, -0.15) is 10.2 Å². The molecular weight excluding hydrogens is 380 g/mol. The molecular formula is C23H22N4O3. The van der Waals surface area contributed by atoms with Gasteiger partial charge in [-0.15, -0.1) is 0 Å². The molecule has 2 N–H and O–H groups in total. The minimum Gasteiger partial charge on any atom is -0.496 e. The number of nitrogens with one attached hydrogen (secondary N) is 2. The van der Waals surface area contributed by atoms with Crippen LogP contribution in [0.2, 0.25) is 0 Å². The maximum absolute atomic E-state index is 12.3. The van der Waals surface area contributed by atoms with Crippen molar-refractivity contribution >= 4 is 24.0 Å². The first-order chi connectivity index (χ1) is 14.7. The lowest BCUT2D eigenvalue weighted by atomic mass is 10.2. The first kappa shape index (κ1) is 20.6. The number of hydrazone groups is 2. The van der Waals surface area contributed by atoms with E-state index in [0.29, 0.717) is 11.3 Å². The van der Waals surface area contributed by atoms with Gasteiger partial charge in [-0.25, -0.2) is 5.43 Å². The molecule has 3 aromatic rings. The number of methoxy groups -OCH3 is 2. The normalized spacial score (nSPS) is 10.9. The summed E-state index contributed by atoms with van der Waals surface area (Å²) in [5.41, 5.74) is 8.29. The van der Waals surface area contributed by atoms with Crippen LogP contribution in [-0.2, 0) is 0 Å². The van der Waals surface area contributed by atoms with E-state index in [0.717, 1.165) is 22.6 Å². The zero-order valence-corrected chi connectivity index (χ0v) is 16.7. The largest absolute Gasteiger partial charge is 0.496 e. The van der Waals surface area contributed by atoms with Crippen molar-refractivity contribution in [2.24, 2.45) is 10.2 Å². The number of hydrogen-bond donors (Lipinski definition) is 2. The third-order valence-electron chi connectivity index (χ3n) is 4.19. The zero-order chi connectivity index (χ0) is 21.2. The predicted octanol–water partition coefficient (Wildman–Crippen LogP) is 3.91. The van der Waals surface area contributed by atoms with Gasteiger partial charge in [0.05, 0.1) is 32.3 Å². The van der Waals surface area contributed by atoms with E-state index < -0.39 is 0 Å². The molecule has 3 aromatic carbocycles. The van der Waals surface area contributed by atoms with Crippen molar-refractivity contribution in [3.05, 3.63) is 89.5 Å². The van der Waals surface area contributed by atoms with Gasteiger partial charge in [0.1, 0.15) is 11.5 Å². The van der Waals surface area contributed by atoms with Crippen LogP contribution in [0.5, 0.6) is 11.5 Å². The molecule has 3 rings (SSSR count). The van der Waals surface area contributed by atoms with E-state index in [9.17, 15) is 4.79 Å². The first-order valence-electron chi connectivity index (χ1n) is 9.20. The second-order valence-corrected chi connectivity index (χ2v) is 6.13. The Bertz CT molecular complexity index is 1050. The van der Waals surface area contributed by atoms with E-state index in [4.69, 9.17) is 9.47 Å². The van der Waals surface area contributed by atoms with Crippen LogP contribution in [-0.4, -0.2) is 32.6 Å². The molecule has 30 heavy (non-hydrogen) atoms. The number of benzene rings is 3. The number of carbonyl (C=O) groups excluding carboxylic acids is 1. The molecule has 0 aliphatic carbocycles. The van der Waals surface area contributed by atoms with Gasteiger partial charge in [0.2, 0.25) is 0 Å². The topological polar surface area (TPSA) is 84.3 Å². The fourth-order valence-corrected chi connectivity index (χ4v) is 2.64. The number of nitrogens with zero attached hydrogens (tertiary/aromatic N) is 2. The average Bonchev–Trinajstić information content (AvgIpc) is 2.80. The van der Waals surface area contributed by atoms with E-state index in [1.54, 1.807) is 50.9 Å². The lowest BCUT2D eigenvalue weighted by molar-refractivity contribution is 0.0955. The van der Waals surface area contributed by atoms with Gasteiger partial charge in [-0.3, -0.25) is 10.2 Å². The molecule has 0 saturated carbocycles. The van der Waals surface area contributed by atoms with Crippen LogP contribution in [0.15, 0.2) is 83.0 Å². The maximum Gasteiger partial charge on any atom is 0.271 e. The van der Waals surface area contributed by atoms with E-state index in [1.165, 1.54) is 0 Å². The Kier molecular flexibility index (Phi) is 7.16. The van der Waals surface area contributed by atoms with Crippen molar-refractivity contribution in [3.63, 3.8) is 0 Å². The van der Waals surface area contributed by atoms with Crippen LogP contribution in [0.1, 0.15) is 21.5 Å². The van der Waals surface area contributed by atoms with Crippen LogP contribution in [0.3, 0.4) is 0 Å². The molecule has 1 amide bonds. The molecule has 152 valence electrons. The Labute approximate surface area is 175 Å². The van der Waals surface area contributed by atoms with Crippen molar-refractivity contribution in [2.45, 2.75) is 0 Å². The molecule has 0 bridgehead atoms. The van der Waals surface area contributed by atoms with Crippen molar-refractivity contribution in [3.8, 4) is 11.5 Å². The Balaban J connectivity index is 1.56. The fraction of sp³-hybridized carbons (Fsp3) is 0.0870. The minimum absolute atomic E-state index is 0.315. The van der Waals surface area contributed by atoms with Gasteiger partial charge >= 0.3 is 0 Å². The summed E-state index contributed by atoms with van der Waals surface area (Å²) in [5, 5.41) is 8.20. The lowest BCUT2D eigenvalue weighted by Gasteiger charge is -2.05. The summed E-state index contributed by atoms with van der Waals surface area (Å²) >= 11 is 0. The highest BCUT2D eigenvalue weighted by atomic mass is 16.5. The van der Waals surface area contributed by atoms with Gasteiger partial charge in [-0.1, -0.05) is 24.3 Å². The molecule has 7 heteroatoms. The Morgan fingerprint density at radius 2 is 1.30 bits per heavy atom. The highest BCUT2D eigenvalue weighted by Crippen LogP contribution is 2.16. The van der Waals surface area contributed by atoms with Crippen molar-refractivity contribution in [1.82, 2.24) is 5.43 Å². The molecule has 0 fully saturated rings. The van der Waals surface area contributed by atoms with Crippen LogP contribution in [0, 0.1) is 0 Å². The van der Waals surface area contributed by atoms with Crippen molar-refractivity contribution in [2.75, 3.05) is 19.6 Å². The molecule has 0 aromatic heterocycles. The zero-order valence-electron chi connectivity index (χ0n) is 16.7. The number of hydrogen-bond acceptors (Lipinski definition) is 6. The molecule has 0 spiro atoms. The molecule has 0 heterocycles. The van der Waals surface area contributed by atoms with Crippen LogP contribution >= 0.6 is 0 Å². The summed E-state index contributed by atoms with van der Waals surface area (Å²) < 4.78 is 10.5. The number of ether oxygens (including phenoxy) is 2. The average molecular weight is 402 g/mol. The predicted molar refractivity (Wildman–Crippen MR) is 119 cm³/mol. The van der Waals surface area contributed by atoms with Gasteiger partial charge < -0.3 is 9.47 Å². The second-order valence-electron chi connectivity index (χ2n) is 6.13. The number of carbonyl (C=O) groups is 1. The molecule has 0 aliphatic heterocycles. The second kappa shape index (κ2) is 10.4. The molecule has 0 atom stereocenters. The summed E-state index contributed by atoms with van der Waals surface area (Å²) in [4.78, 5) is 12.3. The summed E-state index contributed by atoms with van der Waals surface area (Å²) in [5.74, 6) is 1.11. The Hall–Kier alpha value is -4.13. The van der Waals surface area contributed by atoms with Crippen LogP contribution in [0.4, 0.5) is 5.69 Å². The number of anilines is 1. The van der Waals surface area contributed by atoms with Gasteiger partial charge in [0.25, 0.3) is 5.91 Å². The molecule has 0 aliphatic rings. The molecule has 0 unspecified atom stereocenters. The summed E-state index contributed by atoms with van der Waals surface area (Å²) in [6, 6.07) is 21.9. The number of rotatable bonds is 8. The monoisotopic (exact) mass is 402 g/mol. The van der Waals surface area contributed by atoms with Crippen molar-refractivity contribution < 1.29 is 14.3 Å². The lowest BCUT2D eigenvalue weighted by Crippen LogP contribution is -2.17. The van der Waals surface area contributed by atoms with Gasteiger partial charge in [0, 0.05) is 16.7 Å². The molecule has 0 saturated heterocycles. The quantitative estimate of drug-likeness (QED) is 0.442. The third kappa shape index (κ3) is 5.45. The van der Waals surface area contributed by atoms with E-state index in [1.807, 2.05) is 48.5 Å². The summed E-state index contributed by atoms with van der Waals surface area (Å²) in [7, 11) is 3.20. The minimum atomic E-state index is -0.315. The van der Waals surface area contributed by atoms with E-state index in [-0.39, 0.29) is 5.91 Å². The summed E-state index contributed by atoms with van der Waals surface area (Å²) in [6.07, 6.45) is 3.21. The number of para-hydroxylation sites is 2. The Morgan fingerprint density at radius 3 is 1.87 bits per heavy atom. The van der Waals surface area contributed by atoms with Gasteiger partial charge in [0.15, 0.2) is 0 Å². The maximum atomic E-state index is 12.3. The molecule has 0 radical (unpaired) electrons. The smallest absolute Gasteiger partial charge is 0.271 e. The van der Waals surface area contributed by atoms with E-state index in [2.05, 4.69) is 21.1 Å². The SMILES string of the molecule is COc1ccccc1/C=N\NC(=O)c1ccc(N/N=C\c2ccccc2OC)cc1. The van der Waals surface area contributed by atoms with E-state index >= 15 is 0 Å². The van der Waals surface area contributed by atoms with Crippen LogP contribution < -0.4 is 20.3 Å². The van der Waals surface area contributed by atoms with Crippen LogP contribution in [0.25, 0.3) is 0 Å². The standard InChI is InChI=1S/C23H22N4O3/c1-29-21-9-5-3-7-18(21)15-24-26-20-13-11-17(12-14-20)23(28)27-25-16-19-8-4-6-10-22(19)30-2/h3-16,26H,1-2H3,(H,27,28)/b24-15-,25-16-. The first-order valence-corrected chi connectivity index (χ1v) is 9.20. The van der Waals surface area contributed by atoms with Gasteiger partial charge in [-0.05, 0) is 48.5 Å². The third-order valence-corrected chi connectivity index (χ3v) is 4.19. The van der Waals surface area contributed by atoms with Crippen molar-refractivity contribution in [1.29, 1.82) is 0 Å². The summed E-state index contributed by atoms with van der Waals surface area (Å²) in [6.45, 7) is 0. The highest BCUT2D eigenvalue weighted by Gasteiger charge is 2.04. The Morgan fingerprint density at radius 1 is 0.767 bits per heavy atom. The fourth-order valence-electron chi connectivity index (χ4n) is 2.64. The number of amides is 1.